The number of carbonyl (C=O) groups excluding carboxylic acids is 2. The van der Waals surface area contributed by atoms with Gasteiger partial charge in [0.1, 0.15) is 12.7 Å². The molecular formula is C26H33N3O4. The Balaban J connectivity index is 1.52. The van der Waals surface area contributed by atoms with E-state index in [9.17, 15) is 9.59 Å². The van der Waals surface area contributed by atoms with Crippen molar-refractivity contribution in [1.82, 2.24) is 15.2 Å². The molecule has 3 aliphatic rings. The first-order valence-corrected chi connectivity index (χ1v) is 11.8. The molecule has 3 aliphatic heterocycles. The van der Waals surface area contributed by atoms with Gasteiger partial charge < -0.3 is 14.8 Å². The summed E-state index contributed by atoms with van der Waals surface area (Å²) in [7, 11) is 0. The number of hydrogen-bond acceptors (Lipinski definition) is 6. The van der Waals surface area contributed by atoms with Crippen LogP contribution in [0.5, 0.6) is 0 Å². The highest BCUT2D eigenvalue weighted by Gasteiger charge is 2.44. The van der Waals surface area contributed by atoms with E-state index in [-0.39, 0.29) is 19.2 Å². The number of ether oxygens (including phenoxy) is 2. The summed E-state index contributed by atoms with van der Waals surface area (Å²) in [6.45, 7) is 9.73. The van der Waals surface area contributed by atoms with Crippen LogP contribution in [0.1, 0.15) is 44.8 Å². The number of rotatable bonds is 8. The molecule has 1 aromatic carbocycles. The number of aromatic nitrogens is 1. The molecule has 0 spiro atoms. The maximum atomic E-state index is 12.8. The molecule has 0 aliphatic carbocycles. The molecule has 5 rings (SSSR count). The van der Waals surface area contributed by atoms with Crippen molar-refractivity contribution >= 4 is 23.0 Å². The number of nitrogens with one attached hydrogen (secondary N) is 1. The molecule has 1 aromatic heterocycles. The van der Waals surface area contributed by atoms with Crippen LogP contribution in [0.2, 0.25) is 0 Å². The number of alkyl carbamates (subject to hydrolysis) is 1. The molecule has 1 N–H and O–H groups in total. The quantitative estimate of drug-likeness (QED) is 0.367. The first-order valence-electron chi connectivity index (χ1n) is 11.8. The van der Waals surface area contributed by atoms with Crippen molar-refractivity contribution in [2.24, 2.45) is 11.8 Å². The highest BCUT2D eigenvalue weighted by atomic mass is 16.6. The number of amides is 1. The summed E-state index contributed by atoms with van der Waals surface area (Å²) in [4.78, 5) is 31.3. The number of pyridine rings is 1. The number of hydrogen-bond donors (Lipinski definition) is 1. The van der Waals surface area contributed by atoms with Gasteiger partial charge in [-0.25, -0.2) is 9.59 Å². The van der Waals surface area contributed by atoms with Gasteiger partial charge in [-0.2, -0.15) is 0 Å². The molecule has 33 heavy (non-hydrogen) atoms. The molecule has 2 bridgehead atoms. The second kappa shape index (κ2) is 10.3. The van der Waals surface area contributed by atoms with Crippen molar-refractivity contribution in [2.45, 2.75) is 45.3 Å². The van der Waals surface area contributed by atoms with Crippen LogP contribution in [0, 0.1) is 11.8 Å². The van der Waals surface area contributed by atoms with Crippen LogP contribution in [-0.2, 0) is 14.3 Å². The summed E-state index contributed by atoms with van der Waals surface area (Å²) >= 11 is 0. The van der Waals surface area contributed by atoms with E-state index in [4.69, 9.17) is 9.47 Å². The van der Waals surface area contributed by atoms with Crippen molar-refractivity contribution in [2.75, 3.05) is 26.2 Å². The van der Waals surface area contributed by atoms with Gasteiger partial charge in [0, 0.05) is 29.3 Å². The average molecular weight is 452 g/mol. The van der Waals surface area contributed by atoms with Crippen LogP contribution in [0.3, 0.4) is 0 Å². The Morgan fingerprint density at radius 3 is 2.85 bits per heavy atom. The highest BCUT2D eigenvalue weighted by Crippen LogP contribution is 2.43. The standard InChI is InChI=1S/C26H33N3O4/c1-4-18-16-29-13-10-19(18)15-23(29)24(21-9-11-27-22-8-6-5-7-20(21)22)33-26(31)28-12-14-32-25(30)17(2)3/h5-9,11,18-19,23-24H,2,4,10,12-16H2,1,3H3,(H,28,31)/t18-,19-,23+,24?/m0/s1. The molecule has 7 heteroatoms. The fourth-order valence-corrected chi connectivity index (χ4v) is 5.25. The predicted molar refractivity (Wildman–Crippen MR) is 127 cm³/mol. The predicted octanol–water partition coefficient (Wildman–Crippen LogP) is 4.24. The summed E-state index contributed by atoms with van der Waals surface area (Å²) in [6, 6.07) is 10.1. The van der Waals surface area contributed by atoms with Crippen LogP contribution in [0.4, 0.5) is 4.79 Å². The Labute approximate surface area is 195 Å². The number of piperidine rings is 3. The van der Waals surface area contributed by atoms with Crippen LogP contribution < -0.4 is 5.32 Å². The zero-order valence-electron chi connectivity index (χ0n) is 19.5. The maximum absolute atomic E-state index is 12.8. The van der Waals surface area contributed by atoms with E-state index in [2.05, 4.69) is 28.7 Å². The number of esters is 1. The molecule has 4 heterocycles. The fourth-order valence-electron chi connectivity index (χ4n) is 5.25. The summed E-state index contributed by atoms with van der Waals surface area (Å²) < 4.78 is 11.1. The van der Waals surface area contributed by atoms with Crippen molar-refractivity contribution in [1.29, 1.82) is 0 Å². The summed E-state index contributed by atoms with van der Waals surface area (Å²) in [5.74, 6) is 0.901. The van der Waals surface area contributed by atoms with Gasteiger partial charge in [-0.1, -0.05) is 38.1 Å². The first kappa shape index (κ1) is 23.2. The number of fused-ring (bicyclic) bond motifs is 4. The van der Waals surface area contributed by atoms with E-state index >= 15 is 0 Å². The van der Waals surface area contributed by atoms with Crippen molar-refractivity contribution in [3.05, 3.63) is 54.2 Å². The second-order valence-corrected chi connectivity index (χ2v) is 9.10. The van der Waals surface area contributed by atoms with E-state index in [1.54, 1.807) is 13.1 Å². The van der Waals surface area contributed by atoms with Crippen molar-refractivity contribution < 1.29 is 19.1 Å². The van der Waals surface area contributed by atoms with Crippen LogP contribution in [0.25, 0.3) is 10.9 Å². The Morgan fingerprint density at radius 2 is 2.12 bits per heavy atom. The Bertz CT molecular complexity index is 1020. The van der Waals surface area contributed by atoms with Gasteiger partial charge >= 0.3 is 12.1 Å². The van der Waals surface area contributed by atoms with Crippen LogP contribution in [0.15, 0.2) is 48.7 Å². The van der Waals surface area contributed by atoms with Gasteiger partial charge in [0.15, 0.2) is 0 Å². The smallest absolute Gasteiger partial charge is 0.407 e. The molecule has 0 saturated carbocycles. The lowest BCUT2D eigenvalue weighted by Gasteiger charge is -2.51. The van der Waals surface area contributed by atoms with Gasteiger partial charge in [-0.3, -0.25) is 9.88 Å². The molecule has 3 saturated heterocycles. The minimum atomic E-state index is -0.512. The lowest BCUT2D eigenvalue weighted by molar-refractivity contribution is -0.138. The zero-order chi connectivity index (χ0) is 23.4. The Hall–Kier alpha value is -2.93. The summed E-state index contributed by atoms with van der Waals surface area (Å²) in [5, 5.41) is 3.73. The monoisotopic (exact) mass is 451 g/mol. The molecular weight excluding hydrogens is 418 g/mol. The average Bonchev–Trinajstić information content (AvgIpc) is 2.84. The lowest BCUT2D eigenvalue weighted by atomic mass is 9.72. The third kappa shape index (κ3) is 5.19. The second-order valence-electron chi connectivity index (χ2n) is 9.10. The van der Waals surface area contributed by atoms with Gasteiger partial charge in [0.2, 0.25) is 0 Å². The fraction of sp³-hybridized carbons (Fsp3) is 0.500. The SMILES string of the molecule is C=C(C)C(=O)OCCNC(=O)OC(c1ccnc2ccccc12)[C@H]1C[C@@H]2CCN1C[C@@H]2CC. The van der Waals surface area contributed by atoms with E-state index in [1.807, 2.05) is 30.3 Å². The third-order valence-electron chi connectivity index (χ3n) is 6.99. The zero-order valence-corrected chi connectivity index (χ0v) is 19.5. The third-order valence-corrected chi connectivity index (χ3v) is 6.99. The van der Waals surface area contributed by atoms with Crippen LogP contribution >= 0.6 is 0 Å². The molecule has 5 atom stereocenters. The largest absolute Gasteiger partial charge is 0.460 e. The van der Waals surface area contributed by atoms with Crippen molar-refractivity contribution in [3.63, 3.8) is 0 Å². The molecule has 3 fully saturated rings. The van der Waals surface area contributed by atoms with E-state index in [0.717, 1.165) is 36.0 Å². The number of para-hydroxylation sites is 1. The Kier molecular flexibility index (Phi) is 7.28. The van der Waals surface area contributed by atoms with Gasteiger partial charge in [0.05, 0.1) is 18.1 Å². The molecule has 1 amide bonds. The topological polar surface area (TPSA) is 80.8 Å². The first-order chi connectivity index (χ1) is 16.0. The lowest BCUT2D eigenvalue weighted by Crippen LogP contribution is -2.56. The van der Waals surface area contributed by atoms with E-state index < -0.39 is 18.2 Å². The van der Waals surface area contributed by atoms with E-state index in [1.165, 1.54) is 12.8 Å². The minimum absolute atomic E-state index is 0.0689. The normalized spacial score (nSPS) is 24.8. The minimum Gasteiger partial charge on any atom is -0.460 e. The molecule has 2 aromatic rings. The number of carbonyl (C=O) groups is 2. The van der Waals surface area contributed by atoms with Crippen LogP contribution in [-0.4, -0.2) is 54.2 Å². The van der Waals surface area contributed by atoms with Crippen molar-refractivity contribution in [3.8, 4) is 0 Å². The molecule has 176 valence electrons. The molecule has 0 radical (unpaired) electrons. The summed E-state index contributed by atoms with van der Waals surface area (Å²) in [5.41, 5.74) is 2.20. The number of benzene rings is 1. The molecule has 7 nitrogen and oxygen atoms in total. The van der Waals surface area contributed by atoms with Gasteiger partial charge in [-0.15, -0.1) is 0 Å². The Morgan fingerprint density at radius 1 is 1.30 bits per heavy atom. The van der Waals surface area contributed by atoms with Gasteiger partial charge in [-0.05, 0) is 50.3 Å². The summed E-state index contributed by atoms with van der Waals surface area (Å²) in [6.07, 6.45) is 4.27. The van der Waals surface area contributed by atoms with E-state index in [0.29, 0.717) is 17.4 Å². The number of nitrogens with zero attached hydrogens (tertiary/aromatic N) is 2. The molecule has 2 unspecified atom stereocenters. The maximum Gasteiger partial charge on any atom is 0.407 e. The van der Waals surface area contributed by atoms with Gasteiger partial charge in [0.25, 0.3) is 0 Å². The highest BCUT2D eigenvalue weighted by molar-refractivity contribution is 5.87.